The molecular weight excluding hydrogens is 316 g/mol. The monoisotopic (exact) mass is 344 g/mol. The van der Waals surface area contributed by atoms with Crippen molar-refractivity contribution >= 4 is 18.1 Å². The smallest absolute Gasteiger partial charge is 0.407 e. The van der Waals surface area contributed by atoms with Crippen LogP contribution in [0.1, 0.15) is 55.1 Å². The van der Waals surface area contributed by atoms with E-state index in [9.17, 15) is 9.59 Å². The Morgan fingerprint density at radius 2 is 1.92 bits per heavy atom. The Labute approximate surface area is 150 Å². The quantitative estimate of drug-likeness (QED) is 0.908. The van der Waals surface area contributed by atoms with Crippen LogP contribution in [0.4, 0.5) is 4.79 Å². The molecule has 0 unspecified atom stereocenters. The zero-order valence-corrected chi connectivity index (χ0v) is 15.6. The van der Waals surface area contributed by atoms with Gasteiger partial charge < -0.3 is 15.0 Å². The van der Waals surface area contributed by atoms with Crippen molar-refractivity contribution < 1.29 is 14.3 Å². The summed E-state index contributed by atoms with van der Waals surface area (Å²) in [5, 5.41) is 2.89. The Balaban J connectivity index is 1.94. The molecule has 1 heterocycles. The fraction of sp³-hybridized carbons (Fsp3) is 0.500. The van der Waals surface area contributed by atoms with Crippen molar-refractivity contribution in [1.29, 1.82) is 0 Å². The van der Waals surface area contributed by atoms with Gasteiger partial charge in [0, 0.05) is 24.7 Å². The minimum absolute atomic E-state index is 0.0225. The Morgan fingerprint density at radius 1 is 1.28 bits per heavy atom. The Kier molecular flexibility index (Phi) is 5.88. The highest BCUT2D eigenvalue weighted by atomic mass is 16.6. The molecule has 25 heavy (non-hydrogen) atoms. The first-order valence-corrected chi connectivity index (χ1v) is 8.72. The maximum atomic E-state index is 12.8. The van der Waals surface area contributed by atoms with Crippen molar-refractivity contribution in [3.63, 3.8) is 0 Å². The average molecular weight is 344 g/mol. The third kappa shape index (κ3) is 5.08. The first kappa shape index (κ1) is 19.0. The molecule has 0 aliphatic carbocycles. The van der Waals surface area contributed by atoms with Crippen molar-refractivity contribution in [2.45, 2.75) is 52.2 Å². The maximum absolute atomic E-state index is 12.8. The molecule has 1 aliphatic heterocycles. The third-order valence-electron chi connectivity index (χ3n) is 4.26. The lowest BCUT2D eigenvalue weighted by molar-refractivity contribution is 0.0473. The topological polar surface area (TPSA) is 58.6 Å². The average Bonchev–Trinajstić information content (AvgIpc) is 2.52. The molecular formula is C20H28N2O3. The molecule has 1 N–H and O–H groups in total. The van der Waals surface area contributed by atoms with Crippen LogP contribution in [0.3, 0.4) is 0 Å². The largest absolute Gasteiger partial charge is 0.444 e. The second-order valence-corrected chi connectivity index (χ2v) is 7.45. The summed E-state index contributed by atoms with van der Waals surface area (Å²) in [6, 6.07) is 5.75. The number of carbonyl (C=O) groups excluding carboxylic acids is 2. The van der Waals surface area contributed by atoms with Gasteiger partial charge in [0.2, 0.25) is 0 Å². The highest BCUT2D eigenvalue weighted by Crippen LogP contribution is 2.20. The number of piperidine rings is 1. The Bertz CT molecular complexity index is 653. The minimum atomic E-state index is -0.507. The third-order valence-corrected chi connectivity index (χ3v) is 4.26. The molecule has 136 valence electrons. The number of aryl methyl sites for hydroxylation is 1. The van der Waals surface area contributed by atoms with E-state index >= 15 is 0 Å². The number of ether oxygens (including phenoxy) is 1. The number of alkyl carbamates (subject to hydrolysis) is 1. The second kappa shape index (κ2) is 7.72. The van der Waals surface area contributed by atoms with Gasteiger partial charge in [-0.2, -0.15) is 0 Å². The van der Waals surface area contributed by atoms with E-state index < -0.39 is 11.7 Å². The predicted molar refractivity (Wildman–Crippen MR) is 99.6 cm³/mol. The second-order valence-electron chi connectivity index (χ2n) is 7.45. The lowest BCUT2D eigenvalue weighted by Gasteiger charge is -2.33. The predicted octanol–water partition coefficient (Wildman–Crippen LogP) is 3.77. The number of carbonyl (C=O) groups is 2. The van der Waals surface area contributed by atoms with Crippen LogP contribution in [0.2, 0.25) is 0 Å². The van der Waals surface area contributed by atoms with Gasteiger partial charge in [0.25, 0.3) is 5.91 Å². The van der Waals surface area contributed by atoms with Crippen molar-refractivity contribution in [2.75, 3.05) is 13.1 Å². The van der Waals surface area contributed by atoms with Gasteiger partial charge in [0.1, 0.15) is 5.60 Å². The van der Waals surface area contributed by atoms with Gasteiger partial charge in [-0.15, -0.1) is 0 Å². The SMILES string of the molecule is C=Cc1c(C)cccc1C(=O)N1CCC(NC(=O)OC(C)(C)C)CC1. The summed E-state index contributed by atoms with van der Waals surface area (Å²) in [5.74, 6) is 0.0225. The molecule has 5 nitrogen and oxygen atoms in total. The maximum Gasteiger partial charge on any atom is 0.407 e. The fourth-order valence-electron chi connectivity index (χ4n) is 3.01. The molecule has 1 aromatic rings. The number of hydrogen-bond acceptors (Lipinski definition) is 3. The summed E-state index contributed by atoms with van der Waals surface area (Å²) in [6.45, 7) is 12.5. The van der Waals surface area contributed by atoms with Crippen LogP contribution in [-0.4, -0.2) is 41.6 Å². The van der Waals surface area contributed by atoms with Gasteiger partial charge in [-0.25, -0.2) is 4.79 Å². The molecule has 1 aliphatic rings. The Morgan fingerprint density at radius 3 is 2.48 bits per heavy atom. The molecule has 5 heteroatoms. The highest BCUT2D eigenvalue weighted by molar-refractivity contribution is 5.98. The summed E-state index contributed by atoms with van der Waals surface area (Å²) in [7, 11) is 0. The first-order valence-electron chi connectivity index (χ1n) is 8.72. The normalized spacial score (nSPS) is 15.6. The molecule has 0 aromatic heterocycles. The molecule has 2 amide bonds. The number of rotatable bonds is 3. The van der Waals surface area contributed by atoms with Crippen LogP contribution in [0.15, 0.2) is 24.8 Å². The van der Waals surface area contributed by atoms with Crippen molar-refractivity contribution in [3.8, 4) is 0 Å². The number of benzene rings is 1. The van der Waals surface area contributed by atoms with E-state index in [2.05, 4.69) is 11.9 Å². The number of amides is 2. The summed E-state index contributed by atoms with van der Waals surface area (Å²) in [6.07, 6.45) is 2.78. The van der Waals surface area contributed by atoms with Crippen molar-refractivity contribution in [3.05, 3.63) is 41.5 Å². The molecule has 1 saturated heterocycles. The number of nitrogens with one attached hydrogen (secondary N) is 1. The fourth-order valence-corrected chi connectivity index (χ4v) is 3.01. The van der Waals surface area contributed by atoms with Crippen molar-refractivity contribution in [1.82, 2.24) is 10.2 Å². The summed E-state index contributed by atoms with van der Waals surface area (Å²) in [4.78, 5) is 26.5. The van der Waals surface area contributed by atoms with Crippen LogP contribution < -0.4 is 5.32 Å². The molecule has 2 rings (SSSR count). The molecule has 0 atom stereocenters. The summed E-state index contributed by atoms with van der Waals surface area (Å²) < 4.78 is 5.29. The zero-order valence-electron chi connectivity index (χ0n) is 15.6. The van der Waals surface area contributed by atoms with Gasteiger partial charge in [-0.1, -0.05) is 24.8 Å². The molecule has 1 fully saturated rings. The van der Waals surface area contributed by atoms with E-state index in [0.717, 1.165) is 24.0 Å². The molecule has 0 radical (unpaired) electrons. The lowest BCUT2D eigenvalue weighted by atomic mass is 9.99. The number of hydrogen-bond donors (Lipinski definition) is 1. The van der Waals surface area contributed by atoms with Gasteiger partial charge >= 0.3 is 6.09 Å². The summed E-state index contributed by atoms with van der Waals surface area (Å²) in [5.41, 5.74) is 2.12. The highest BCUT2D eigenvalue weighted by Gasteiger charge is 2.27. The first-order chi connectivity index (χ1) is 11.7. The lowest BCUT2D eigenvalue weighted by Crippen LogP contribution is -2.47. The standard InChI is InChI=1S/C20H28N2O3/c1-6-16-14(2)8-7-9-17(16)18(23)22-12-10-15(11-13-22)21-19(24)25-20(3,4)5/h6-9,15H,1,10-13H2,2-5H3,(H,21,24). The minimum Gasteiger partial charge on any atom is -0.444 e. The van der Waals surface area contributed by atoms with E-state index in [-0.39, 0.29) is 11.9 Å². The summed E-state index contributed by atoms with van der Waals surface area (Å²) >= 11 is 0. The van der Waals surface area contributed by atoms with Gasteiger partial charge in [0.15, 0.2) is 0 Å². The molecule has 1 aromatic carbocycles. The molecule has 0 spiro atoms. The zero-order chi connectivity index (χ0) is 18.6. The van der Waals surface area contributed by atoms with Gasteiger partial charge in [-0.3, -0.25) is 4.79 Å². The van der Waals surface area contributed by atoms with E-state index in [1.165, 1.54) is 0 Å². The number of nitrogens with zero attached hydrogens (tertiary/aromatic N) is 1. The van der Waals surface area contributed by atoms with Crippen LogP contribution in [-0.2, 0) is 4.74 Å². The molecule has 0 saturated carbocycles. The van der Waals surface area contributed by atoms with Crippen LogP contribution in [0, 0.1) is 6.92 Å². The van der Waals surface area contributed by atoms with Crippen LogP contribution >= 0.6 is 0 Å². The van der Waals surface area contributed by atoms with Crippen LogP contribution in [0.5, 0.6) is 0 Å². The van der Waals surface area contributed by atoms with E-state index in [1.807, 2.05) is 50.8 Å². The number of likely N-dealkylation sites (tertiary alicyclic amines) is 1. The molecule has 0 bridgehead atoms. The van der Waals surface area contributed by atoms with E-state index in [1.54, 1.807) is 6.08 Å². The Hall–Kier alpha value is -2.30. The van der Waals surface area contributed by atoms with Gasteiger partial charge in [-0.05, 0) is 57.7 Å². The van der Waals surface area contributed by atoms with Gasteiger partial charge in [0.05, 0.1) is 0 Å². The van der Waals surface area contributed by atoms with Crippen molar-refractivity contribution in [2.24, 2.45) is 0 Å². The van der Waals surface area contributed by atoms with E-state index in [4.69, 9.17) is 4.74 Å². The van der Waals surface area contributed by atoms with Crippen LogP contribution in [0.25, 0.3) is 6.08 Å². The van der Waals surface area contributed by atoms with E-state index in [0.29, 0.717) is 18.7 Å².